The van der Waals surface area contributed by atoms with Crippen molar-refractivity contribution < 1.29 is 10.0 Å². The van der Waals surface area contributed by atoms with Crippen LogP contribution in [-0.4, -0.2) is 16.6 Å². The third-order valence-electron chi connectivity index (χ3n) is 2.65. The molecule has 19 heavy (non-hydrogen) atoms. The van der Waals surface area contributed by atoms with E-state index >= 15 is 0 Å². The van der Waals surface area contributed by atoms with Crippen LogP contribution in [0.3, 0.4) is 0 Å². The topological polar surface area (TPSA) is 115 Å². The molecule has 0 aromatic heterocycles. The van der Waals surface area contributed by atoms with E-state index in [1.54, 1.807) is 6.07 Å². The highest BCUT2D eigenvalue weighted by Gasteiger charge is 2.21. The lowest BCUT2D eigenvalue weighted by Crippen LogP contribution is -2.12. The highest BCUT2D eigenvalue weighted by atomic mass is 79.9. The summed E-state index contributed by atoms with van der Waals surface area (Å²) in [6.45, 7) is 0.581. The molecule has 0 saturated carbocycles. The van der Waals surface area contributed by atoms with Crippen molar-refractivity contribution in [2.75, 3.05) is 6.54 Å². The fourth-order valence-corrected chi connectivity index (χ4v) is 2.15. The fourth-order valence-electron chi connectivity index (χ4n) is 1.69. The van der Waals surface area contributed by atoms with E-state index < -0.39 is 11.0 Å². The second-order valence-electron chi connectivity index (χ2n) is 4.01. The van der Waals surface area contributed by atoms with Crippen molar-refractivity contribution >= 4 is 34.0 Å². The minimum absolute atomic E-state index is 0. The van der Waals surface area contributed by atoms with Crippen molar-refractivity contribution in [3.05, 3.63) is 32.3 Å². The number of phenols is 1. The Labute approximate surface area is 125 Å². The molecular weight excluding hydrogens is 337 g/mol. The molecule has 0 fully saturated rings. The molecule has 0 aliphatic heterocycles. The first-order chi connectivity index (χ1) is 8.47. The molecule has 0 heterocycles. The first kappa shape index (κ1) is 18.1. The van der Waals surface area contributed by atoms with Crippen molar-refractivity contribution in [3.63, 3.8) is 0 Å². The van der Waals surface area contributed by atoms with E-state index in [1.807, 2.05) is 0 Å². The molecule has 0 saturated heterocycles. The molecule has 5 N–H and O–H groups in total. The Morgan fingerprint density at radius 3 is 2.58 bits per heavy atom. The van der Waals surface area contributed by atoms with Gasteiger partial charge in [0.05, 0.1) is 4.92 Å². The maximum atomic E-state index is 10.8. The lowest BCUT2D eigenvalue weighted by atomic mass is 10.00. The van der Waals surface area contributed by atoms with Gasteiger partial charge < -0.3 is 16.6 Å². The van der Waals surface area contributed by atoms with Crippen molar-refractivity contribution in [3.8, 4) is 5.75 Å². The predicted octanol–water partition coefficient (Wildman–Crippen LogP) is 2.61. The Bertz CT molecular complexity index is 445. The Balaban J connectivity index is 0.00000324. The van der Waals surface area contributed by atoms with Crippen LogP contribution in [0.4, 0.5) is 5.69 Å². The van der Waals surface area contributed by atoms with E-state index in [4.69, 9.17) is 11.5 Å². The molecule has 1 atom stereocenters. The lowest BCUT2D eigenvalue weighted by molar-refractivity contribution is -0.386. The van der Waals surface area contributed by atoms with Crippen LogP contribution in [0, 0.1) is 10.1 Å². The van der Waals surface area contributed by atoms with E-state index in [0.29, 0.717) is 23.0 Å². The molecule has 8 heteroatoms. The van der Waals surface area contributed by atoms with Gasteiger partial charge in [0.1, 0.15) is 0 Å². The van der Waals surface area contributed by atoms with Gasteiger partial charge in [-0.05, 0) is 25.5 Å². The first-order valence-corrected chi connectivity index (χ1v) is 6.39. The molecular formula is C11H17BrClN3O3. The molecule has 0 spiro atoms. The van der Waals surface area contributed by atoms with E-state index in [9.17, 15) is 15.2 Å². The Hall–Kier alpha value is -0.890. The largest absolute Gasteiger partial charge is 0.502 e. The van der Waals surface area contributed by atoms with Gasteiger partial charge >= 0.3 is 5.69 Å². The van der Waals surface area contributed by atoms with Crippen LogP contribution in [0.5, 0.6) is 5.75 Å². The van der Waals surface area contributed by atoms with E-state index in [2.05, 4.69) is 15.9 Å². The summed E-state index contributed by atoms with van der Waals surface area (Å²) in [6.07, 6.45) is 2.28. The summed E-state index contributed by atoms with van der Waals surface area (Å²) in [5, 5.41) is 20.6. The zero-order valence-electron chi connectivity index (χ0n) is 10.2. The zero-order valence-corrected chi connectivity index (χ0v) is 12.6. The minimum Gasteiger partial charge on any atom is -0.502 e. The predicted molar refractivity (Wildman–Crippen MR) is 79.5 cm³/mol. The molecule has 0 bridgehead atoms. The maximum absolute atomic E-state index is 10.8. The number of benzene rings is 1. The number of rotatable bonds is 6. The van der Waals surface area contributed by atoms with Gasteiger partial charge in [0.25, 0.3) is 0 Å². The highest BCUT2D eigenvalue weighted by molar-refractivity contribution is 9.10. The van der Waals surface area contributed by atoms with Crippen LogP contribution in [0.2, 0.25) is 0 Å². The van der Waals surface area contributed by atoms with E-state index in [1.165, 1.54) is 6.07 Å². The molecule has 0 radical (unpaired) electrons. The van der Waals surface area contributed by atoms with Gasteiger partial charge in [-0.15, -0.1) is 12.4 Å². The number of phenolic OH excluding ortho intramolecular Hbond substituents is 1. The second-order valence-corrected chi connectivity index (χ2v) is 4.93. The number of nitrogens with zero attached hydrogens (tertiary/aromatic N) is 1. The van der Waals surface area contributed by atoms with Crippen LogP contribution in [-0.2, 0) is 0 Å². The third kappa shape index (κ3) is 4.94. The molecule has 0 aliphatic rings. The quantitative estimate of drug-likeness (QED) is 0.412. The summed E-state index contributed by atoms with van der Waals surface area (Å²) in [5.41, 5.74) is 11.4. The number of hydrogen-bond donors (Lipinski definition) is 3. The average Bonchev–Trinajstić information content (AvgIpc) is 2.31. The standard InChI is InChI=1S/C11H16BrN3O3.ClH/c12-7-5-8(9(14)3-1-2-4-13)11(16)10(6-7)15(17)18;/h5-6,9,16H,1-4,13-14H2;1H/t9-;/m1./s1. The summed E-state index contributed by atoms with van der Waals surface area (Å²) in [4.78, 5) is 10.1. The Morgan fingerprint density at radius 1 is 1.42 bits per heavy atom. The van der Waals surface area contributed by atoms with E-state index in [-0.39, 0.29) is 23.8 Å². The van der Waals surface area contributed by atoms with Crippen LogP contribution in [0.15, 0.2) is 16.6 Å². The van der Waals surface area contributed by atoms with Gasteiger partial charge in [0.2, 0.25) is 0 Å². The zero-order chi connectivity index (χ0) is 13.7. The van der Waals surface area contributed by atoms with Gasteiger partial charge in [-0.1, -0.05) is 22.4 Å². The summed E-state index contributed by atoms with van der Waals surface area (Å²) in [5.74, 6) is -0.358. The van der Waals surface area contributed by atoms with Gasteiger partial charge in [0.15, 0.2) is 5.75 Å². The van der Waals surface area contributed by atoms with Crippen molar-refractivity contribution in [2.45, 2.75) is 25.3 Å². The molecule has 0 unspecified atom stereocenters. The Morgan fingerprint density at radius 2 is 2.05 bits per heavy atom. The van der Waals surface area contributed by atoms with Crippen LogP contribution in [0.25, 0.3) is 0 Å². The Kier molecular flexibility index (Phi) is 7.93. The summed E-state index contributed by atoms with van der Waals surface area (Å²) < 4.78 is 0.524. The number of halogens is 2. The first-order valence-electron chi connectivity index (χ1n) is 5.59. The van der Waals surface area contributed by atoms with Gasteiger partial charge in [-0.2, -0.15) is 0 Å². The number of nitrogens with two attached hydrogens (primary N) is 2. The number of nitro groups is 1. The molecule has 6 nitrogen and oxygen atoms in total. The second kappa shape index (κ2) is 8.31. The summed E-state index contributed by atoms with van der Waals surface area (Å²) in [6, 6.07) is 2.42. The van der Waals surface area contributed by atoms with Crippen LogP contribution >= 0.6 is 28.3 Å². The van der Waals surface area contributed by atoms with E-state index in [0.717, 1.165) is 12.8 Å². The molecule has 1 aromatic carbocycles. The van der Waals surface area contributed by atoms with Crippen LogP contribution in [0.1, 0.15) is 30.9 Å². The monoisotopic (exact) mass is 353 g/mol. The molecule has 108 valence electrons. The van der Waals surface area contributed by atoms with Crippen molar-refractivity contribution in [1.29, 1.82) is 0 Å². The summed E-state index contributed by atoms with van der Waals surface area (Å²) in [7, 11) is 0. The van der Waals surface area contributed by atoms with Gasteiger partial charge in [-0.3, -0.25) is 10.1 Å². The normalized spacial score (nSPS) is 11.7. The highest BCUT2D eigenvalue weighted by Crippen LogP contribution is 2.37. The number of aromatic hydroxyl groups is 1. The van der Waals surface area contributed by atoms with Crippen molar-refractivity contribution in [1.82, 2.24) is 0 Å². The third-order valence-corrected chi connectivity index (χ3v) is 3.11. The van der Waals surface area contributed by atoms with Gasteiger partial charge in [0, 0.05) is 22.1 Å². The smallest absolute Gasteiger partial charge is 0.312 e. The fraction of sp³-hybridized carbons (Fsp3) is 0.455. The number of hydrogen-bond acceptors (Lipinski definition) is 5. The number of nitro benzene ring substituents is 1. The minimum atomic E-state index is -0.629. The van der Waals surface area contributed by atoms with Gasteiger partial charge in [-0.25, -0.2) is 0 Å². The molecule has 0 amide bonds. The number of unbranched alkanes of at least 4 members (excludes halogenated alkanes) is 1. The maximum Gasteiger partial charge on any atom is 0.312 e. The molecule has 1 aromatic rings. The SMILES string of the molecule is Cl.NCCCC[C@@H](N)c1cc(Br)cc([N+](=O)[O-])c1O. The van der Waals surface area contributed by atoms with Crippen molar-refractivity contribution in [2.24, 2.45) is 11.5 Å². The summed E-state index contributed by atoms with van der Waals surface area (Å²) >= 11 is 3.17. The molecule has 1 rings (SSSR count). The van der Waals surface area contributed by atoms with Crippen LogP contribution < -0.4 is 11.5 Å². The average molecular weight is 355 g/mol. The lowest BCUT2D eigenvalue weighted by Gasteiger charge is -2.13. The molecule has 0 aliphatic carbocycles.